The summed E-state index contributed by atoms with van der Waals surface area (Å²) >= 11 is 3.25. The second-order valence-electron chi connectivity index (χ2n) is 8.79. The van der Waals surface area contributed by atoms with Gasteiger partial charge in [-0.25, -0.2) is 4.98 Å². The highest BCUT2D eigenvalue weighted by atomic mass is 32.2. The van der Waals surface area contributed by atoms with E-state index < -0.39 is 0 Å². The van der Waals surface area contributed by atoms with Crippen molar-refractivity contribution in [3.8, 4) is 33.1 Å². The molecule has 37 heavy (non-hydrogen) atoms. The van der Waals surface area contributed by atoms with Crippen molar-refractivity contribution in [2.75, 3.05) is 4.90 Å². The van der Waals surface area contributed by atoms with Gasteiger partial charge in [-0.2, -0.15) is 4.37 Å². The minimum atomic E-state index is 0.758. The van der Waals surface area contributed by atoms with E-state index in [-0.39, 0.29) is 0 Å². The van der Waals surface area contributed by atoms with Crippen LogP contribution in [0.5, 0.6) is 0 Å². The van der Waals surface area contributed by atoms with Gasteiger partial charge in [-0.3, -0.25) is 0 Å². The van der Waals surface area contributed by atoms with Crippen molar-refractivity contribution in [1.82, 2.24) is 9.36 Å². The minimum absolute atomic E-state index is 0.758. The zero-order valence-electron chi connectivity index (χ0n) is 19.8. The standard InChI is InChI=1S/C32H21N3S2/c1-3-10-22(11-4-1)24-14-9-15-26(20-24)35-27-16-7-8-17-29(27)36-30-19-18-25(21-28(30)35)31-33-32(37-34-31)23-12-5-2-6-13-23/h1-21H. The molecule has 0 unspecified atom stereocenters. The van der Waals surface area contributed by atoms with E-state index in [9.17, 15) is 0 Å². The van der Waals surface area contributed by atoms with Gasteiger partial charge in [-0.15, -0.1) is 0 Å². The average molecular weight is 512 g/mol. The van der Waals surface area contributed by atoms with Crippen LogP contribution in [0.3, 0.4) is 0 Å². The van der Waals surface area contributed by atoms with Gasteiger partial charge in [0.2, 0.25) is 0 Å². The molecule has 0 radical (unpaired) electrons. The average Bonchev–Trinajstić information content (AvgIpc) is 3.47. The molecule has 5 heteroatoms. The Bertz CT molecular complexity index is 1710. The van der Waals surface area contributed by atoms with Crippen LogP contribution in [-0.2, 0) is 0 Å². The molecule has 0 saturated heterocycles. The first-order valence-corrected chi connectivity index (χ1v) is 13.7. The number of hydrogen-bond acceptors (Lipinski definition) is 5. The van der Waals surface area contributed by atoms with Crippen LogP contribution in [0.1, 0.15) is 0 Å². The maximum atomic E-state index is 4.88. The number of hydrogen-bond donors (Lipinski definition) is 0. The Morgan fingerprint density at radius 3 is 2.05 bits per heavy atom. The Hall–Kier alpha value is -4.19. The smallest absolute Gasteiger partial charge is 0.173 e. The Labute approximate surface area is 224 Å². The summed E-state index contributed by atoms with van der Waals surface area (Å²) in [5.41, 5.74) is 7.96. The fourth-order valence-electron chi connectivity index (χ4n) is 4.67. The zero-order chi connectivity index (χ0) is 24.6. The normalized spacial score (nSPS) is 12.2. The summed E-state index contributed by atoms with van der Waals surface area (Å²) in [6.45, 7) is 0. The number of fused-ring (bicyclic) bond motifs is 2. The van der Waals surface area contributed by atoms with E-state index in [2.05, 4.69) is 114 Å². The molecule has 0 atom stereocenters. The molecule has 0 saturated carbocycles. The van der Waals surface area contributed by atoms with Crippen molar-refractivity contribution in [1.29, 1.82) is 0 Å². The van der Waals surface area contributed by atoms with Gasteiger partial charge in [0.15, 0.2) is 5.82 Å². The molecule has 1 aliphatic rings. The fraction of sp³-hybridized carbons (Fsp3) is 0. The van der Waals surface area contributed by atoms with E-state index in [4.69, 9.17) is 9.36 Å². The molecule has 7 rings (SSSR count). The highest BCUT2D eigenvalue weighted by Crippen LogP contribution is 2.52. The molecule has 6 aromatic rings. The first-order valence-electron chi connectivity index (χ1n) is 12.1. The fourth-order valence-corrected chi connectivity index (χ4v) is 6.39. The second-order valence-corrected chi connectivity index (χ2v) is 10.6. The van der Waals surface area contributed by atoms with E-state index in [1.165, 1.54) is 38.1 Å². The van der Waals surface area contributed by atoms with Crippen molar-refractivity contribution in [3.05, 3.63) is 127 Å². The topological polar surface area (TPSA) is 29.0 Å². The highest BCUT2D eigenvalue weighted by Gasteiger charge is 2.26. The van der Waals surface area contributed by atoms with Gasteiger partial charge in [-0.05, 0) is 65.1 Å². The monoisotopic (exact) mass is 511 g/mol. The Morgan fingerprint density at radius 2 is 1.22 bits per heavy atom. The maximum Gasteiger partial charge on any atom is 0.173 e. The first-order chi connectivity index (χ1) is 18.3. The van der Waals surface area contributed by atoms with Crippen LogP contribution in [0.25, 0.3) is 33.1 Å². The Morgan fingerprint density at radius 1 is 0.514 bits per heavy atom. The van der Waals surface area contributed by atoms with E-state index in [1.54, 1.807) is 0 Å². The van der Waals surface area contributed by atoms with Crippen LogP contribution < -0.4 is 4.90 Å². The SMILES string of the molecule is c1ccc(-c2cccc(N3c4ccccc4Sc4ccc(-c5nsc(-c6ccccc6)n5)cc43)c2)cc1. The summed E-state index contributed by atoms with van der Waals surface area (Å²) < 4.78 is 4.71. The predicted octanol–water partition coefficient (Wildman–Crippen LogP) is 9.47. The lowest BCUT2D eigenvalue weighted by molar-refractivity contribution is 1.16. The van der Waals surface area contributed by atoms with Gasteiger partial charge in [0.1, 0.15) is 5.01 Å². The number of benzene rings is 5. The molecule has 0 bridgehead atoms. The minimum Gasteiger partial charge on any atom is -0.308 e. The van der Waals surface area contributed by atoms with Gasteiger partial charge >= 0.3 is 0 Å². The quantitative estimate of drug-likeness (QED) is 0.235. The van der Waals surface area contributed by atoms with E-state index in [0.29, 0.717) is 0 Å². The zero-order valence-corrected chi connectivity index (χ0v) is 21.4. The van der Waals surface area contributed by atoms with Crippen LogP contribution in [0.4, 0.5) is 17.1 Å². The molecule has 5 aromatic carbocycles. The molecule has 0 spiro atoms. The molecule has 1 aromatic heterocycles. The molecule has 0 aliphatic carbocycles. The van der Waals surface area contributed by atoms with Gasteiger partial charge in [0, 0.05) is 26.6 Å². The number of rotatable bonds is 4. The lowest BCUT2D eigenvalue weighted by Gasteiger charge is -2.33. The van der Waals surface area contributed by atoms with Crippen LogP contribution >= 0.6 is 23.3 Å². The lowest BCUT2D eigenvalue weighted by Crippen LogP contribution is -2.15. The first kappa shape index (κ1) is 22.0. The molecule has 3 nitrogen and oxygen atoms in total. The molecular formula is C32H21N3S2. The largest absolute Gasteiger partial charge is 0.308 e. The van der Waals surface area contributed by atoms with Gasteiger partial charge < -0.3 is 4.90 Å². The molecule has 0 fully saturated rings. The molecule has 0 N–H and O–H groups in total. The molecular weight excluding hydrogens is 491 g/mol. The van der Waals surface area contributed by atoms with E-state index in [1.807, 2.05) is 30.0 Å². The van der Waals surface area contributed by atoms with Crippen molar-refractivity contribution >= 4 is 40.4 Å². The van der Waals surface area contributed by atoms with Gasteiger partial charge in [0.25, 0.3) is 0 Å². The summed E-state index contributed by atoms with van der Waals surface area (Å²) in [6.07, 6.45) is 0. The van der Waals surface area contributed by atoms with Crippen molar-refractivity contribution in [2.24, 2.45) is 0 Å². The maximum absolute atomic E-state index is 4.88. The third-order valence-corrected chi connectivity index (χ3v) is 8.34. The van der Waals surface area contributed by atoms with Crippen molar-refractivity contribution in [3.63, 3.8) is 0 Å². The summed E-state index contributed by atoms with van der Waals surface area (Å²) in [5.74, 6) is 0.758. The molecule has 1 aliphatic heterocycles. The molecule has 0 amide bonds. The van der Waals surface area contributed by atoms with Crippen LogP contribution in [0, 0.1) is 0 Å². The summed E-state index contributed by atoms with van der Waals surface area (Å²) in [6, 6.07) is 44.7. The summed E-state index contributed by atoms with van der Waals surface area (Å²) in [7, 11) is 0. The van der Waals surface area contributed by atoms with Crippen molar-refractivity contribution in [2.45, 2.75) is 9.79 Å². The summed E-state index contributed by atoms with van der Waals surface area (Å²) in [4.78, 5) is 9.70. The second kappa shape index (κ2) is 9.36. The van der Waals surface area contributed by atoms with Gasteiger partial charge in [0.05, 0.1) is 11.4 Å². The number of para-hydroxylation sites is 1. The summed E-state index contributed by atoms with van der Waals surface area (Å²) in [5, 5.41) is 0.931. The van der Waals surface area contributed by atoms with Crippen LogP contribution in [0.2, 0.25) is 0 Å². The lowest BCUT2D eigenvalue weighted by atomic mass is 10.0. The number of nitrogens with zero attached hydrogens (tertiary/aromatic N) is 3. The Kier molecular flexibility index (Phi) is 5.57. The predicted molar refractivity (Wildman–Crippen MR) is 155 cm³/mol. The third-order valence-electron chi connectivity index (χ3n) is 6.44. The highest BCUT2D eigenvalue weighted by molar-refractivity contribution is 7.99. The van der Waals surface area contributed by atoms with Gasteiger partial charge in [-0.1, -0.05) is 96.7 Å². The van der Waals surface area contributed by atoms with E-state index >= 15 is 0 Å². The Balaban J connectivity index is 1.35. The van der Waals surface area contributed by atoms with E-state index in [0.717, 1.165) is 33.3 Å². The van der Waals surface area contributed by atoms with Crippen molar-refractivity contribution < 1.29 is 0 Å². The van der Waals surface area contributed by atoms with Crippen LogP contribution in [0.15, 0.2) is 137 Å². The number of aromatic nitrogens is 2. The molecule has 2 heterocycles. The third kappa shape index (κ3) is 4.12. The molecule has 176 valence electrons. The number of anilines is 3. The van der Waals surface area contributed by atoms with Crippen LogP contribution in [-0.4, -0.2) is 9.36 Å².